The summed E-state index contributed by atoms with van der Waals surface area (Å²) in [7, 11) is 0. The second kappa shape index (κ2) is 4.04. The fraction of sp³-hybridized carbons (Fsp3) is 0.850. The van der Waals surface area contributed by atoms with E-state index in [1.807, 2.05) is 0 Å². The summed E-state index contributed by atoms with van der Waals surface area (Å²) in [5, 5.41) is 0. The molecule has 0 N–H and O–H groups in total. The van der Waals surface area contributed by atoms with Crippen LogP contribution in [0.5, 0.6) is 0 Å². The summed E-state index contributed by atoms with van der Waals surface area (Å²) in [6, 6.07) is 0. The van der Waals surface area contributed by atoms with Crippen molar-refractivity contribution in [3.63, 3.8) is 0 Å². The van der Waals surface area contributed by atoms with E-state index in [2.05, 4.69) is 33.8 Å². The highest BCUT2D eigenvalue weighted by Gasteiger charge is 2.76. The molecule has 0 aromatic heterocycles. The van der Waals surface area contributed by atoms with Crippen molar-refractivity contribution < 1.29 is 14.3 Å². The topological polar surface area (TPSA) is 38.8 Å². The standard InChI is InChI=1S/C20H28O3/c1-11-6-5-7-18(2)12(11)8-15-19(3)13(18)9-16-20(4,23-16)14(19)10-17(21)22-15/h6,12-16H,5,7-10H2,1-4H3/t12-,13+,14+,15+,16-,18-,19+,20+/m0/s1. The third-order valence-corrected chi connectivity index (χ3v) is 8.70. The van der Waals surface area contributed by atoms with Crippen LogP contribution in [0.15, 0.2) is 11.6 Å². The first-order chi connectivity index (χ1) is 10.8. The fourth-order valence-corrected chi connectivity index (χ4v) is 7.38. The lowest BCUT2D eigenvalue weighted by Gasteiger charge is -2.65. The molecule has 0 bridgehead atoms. The Kier molecular flexibility index (Phi) is 2.55. The van der Waals surface area contributed by atoms with Crippen LogP contribution in [0.3, 0.4) is 0 Å². The van der Waals surface area contributed by atoms with Gasteiger partial charge in [0.05, 0.1) is 18.1 Å². The minimum Gasteiger partial charge on any atom is -0.462 e. The van der Waals surface area contributed by atoms with Gasteiger partial charge in [-0.05, 0) is 56.8 Å². The maximum atomic E-state index is 12.3. The van der Waals surface area contributed by atoms with Crippen molar-refractivity contribution in [3.8, 4) is 0 Å². The smallest absolute Gasteiger partial charge is 0.306 e. The molecule has 2 aliphatic heterocycles. The van der Waals surface area contributed by atoms with Gasteiger partial charge >= 0.3 is 5.97 Å². The van der Waals surface area contributed by atoms with E-state index >= 15 is 0 Å². The van der Waals surface area contributed by atoms with Crippen LogP contribution in [0.4, 0.5) is 0 Å². The lowest BCUT2D eigenvalue weighted by atomic mass is 9.40. The molecule has 2 saturated carbocycles. The first-order valence-electron chi connectivity index (χ1n) is 9.34. The molecule has 8 atom stereocenters. The molecule has 5 aliphatic rings. The molecule has 5 rings (SSSR count). The predicted molar refractivity (Wildman–Crippen MR) is 86.7 cm³/mol. The van der Waals surface area contributed by atoms with Gasteiger partial charge in [0.15, 0.2) is 0 Å². The van der Waals surface area contributed by atoms with Crippen LogP contribution < -0.4 is 0 Å². The normalized spacial score (nSPS) is 59.9. The molecule has 0 spiro atoms. The highest BCUT2D eigenvalue weighted by Crippen LogP contribution is 2.73. The van der Waals surface area contributed by atoms with E-state index in [1.54, 1.807) is 0 Å². The molecule has 3 aliphatic carbocycles. The van der Waals surface area contributed by atoms with Crippen LogP contribution in [0.25, 0.3) is 0 Å². The second-order valence-electron chi connectivity index (χ2n) is 9.46. The van der Waals surface area contributed by atoms with Gasteiger partial charge in [-0.1, -0.05) is 25.5 Å². The van der Waals surface area contributed by atoms with Gasteiger partial charge in [-0.15, -0.1) is 0 Å². The Morgan fingerprint density at radius 3 is 2.70 bits per heavy atom. The number of hydrogen-bond acceptors (Lipinski definition) is 3. The van der Waals surface area contributed by atoms with Gasteiger partial charge in [-0.3, -0.25) is 4.79 Å². The predicted octanol–water partition coefficient (Wildman–Crippen LogP) is 3.87. The van der Waals surface area contributed by atoms with Gasteiger partial charge in [0.25, 0.3) is 0 Å². The summed E-state index contributed by atoms with van der Waals surface area (Å²) in [5.74, 6) is 1.48. The van der Waals surface area contributed by atoms with E-state index in [0.29, 0.717) is 35.7 Å². The van der Waals surface area contributed by atoms with Crippen LogP contribution in [-0.2, 0) is 14.3 Å². The monoisotopic (exact) mass is 316 g/mol. The molecule has 3 heteroatoms. The van der Waals surface area contributed by atoms with Crippen LogP contribution in [0.1, 0.15) is 59.8 Å². The van der Waals surface area contributed by atoms with Gasteiger partial charge < -0.3 is 9.47 Å². The van der Waals surface area contributed by atoms with Crippen molar-refractivity contribution in [2.24, 2.45) is 28.6 Å². The summed E-state index contributed by atoms with van der Waals surface area (Å²) in [5.41, 5.74) is 1.85. The van der Waals surface area contributed by atoms with Crippen molar-refractivity contribution in [2.75, 3.05) is 0 Å². The van der Waals surface area contributed by atoms with Crippen LogP contribution in [0, 0.1) is 28.6 Å². The molecule has 2 heterocycles. The molecule has 0 unspecified atom stereocenters. The minimum atomic E-state index is -0.0777. The average molecular weight is 316 g/mol. The zero-order chi connectivity index (χ0) is 16.2. The molecule has 2 saturated heterocycles. The van der Waals surface area contributed by atoms with E-state index in [1.165, 1.54) is 18.4 Å². The van der Waals surface area contributed by atoms with Gasteiger partial charge in [0.2, 0.25) is 0 Å². The van der Waals surface area contributed by atoms with Crippen LogP contribution in [-0.4, -0.2) is 23.8 Å². The second-order valence-corrected chi connectivity index (χ2v) is 9.46. The Bertz CT molecular complexity index is 624. The first-order valence-corrected chi connectivity index (χ1v) is 9.34. The Balaban J connectivity index is 1.66. The lowest BCUT2D eigenvalue weighted by Crippen LogP contribution is -2.66. The minimum absolute atomic E-state index is 0.00496. The maximum absolute atomic E-state index is 12.3. The lowest BCUT2D eigenvalue weighted by molar-refractivity contribution is -0.226. The molecular weight excluding hydrogens is 288 g/mol. The van der Waals surface area contributed by atoms with Crippen LogP contribution >= 0.6 is 0 Å². The maximum Gasteiger partial charge on any atom is 0.306 e. The number of carbonyl (C=O) groups excluding carboxylic acids is 1. The number of ether oxygens (including phenoxy) is 2. The largest absolute Gasteiger partial charge is 0.462 e. The SMILES string of the molecule is CC1=CCC[C@]2(C)[C@H]3C[C@@H]4O[C@]4(C)[C@@H]4CC(=O)O[C@H](C[C@@H]12)[C@]34C. The number of hydrogen-bond donors (Lipinski definition) is 0. The Hall–Kier alpha value is -0.830. The Morgan fingerprint density at radius 1 is 1.13 bits per heavy atom. The molecule has 0 aromatic rings. The van der Waals surface area contributed by atoms with Crippen LogP contribution in [0.2, 0.25) is 0 Å². The molecule has 0 aromatic carbocycles. The summed E-state index contributed by atoms with van der Waals surface area (Å²) in [6.45, 7) is 9.45. The van der Waals surface area contributed by atoms with Gasteiger partial charge in [0.1, 0.15) is 6.10 Å². The number of rotatable bonds is 0. The number of allylic oxidation sites excluding steroid dienone is 2. The molecule has 0 radical (unpaired) electrons. The van der Waals surface area contributed by atoms with E-state index < -0.39 is 0 Å². The molecule has 126 valence electrons. The highest BCUT2D eigenvalue weighted by molar-refractivity contribution is 5.72. The third-order valence-electron chi connectivity index (χ3n) is 8.70. The summed E-state index contributed by atoms with van der Waals surface area (Å²) in [6.07, 6.45) is 8.02. The van der Waals surface area contributed by atoms with E-state index in [0.717, 1.165) is 12.8 Å². The van der Waals surface area contributed by atoms with Crippen molar-refractivity contribution in [3.05, 3.63) is 11.6 Å². The van der Waals surface area contributed by atoms with Crippen molar-refractivity contribution in [1.29, 1.82) is 0 Å². The fourth-order valence-electron chi connectivity index (χ4n) is 7.38. The number of epoxide rings is 1. The quantitative estimate of drug-likeness (QED) is 0.387. The summed E-state index contributed by atoms with van der Waals surface area (Å²) in [4.78, 5) is 12.3. The van der Waals surface area contributed by atoms with Crippen molar-refractivity contribution >= 4 is 5.97 Å². The molecule has 3 nitrogen and oxygen atoms in total. The van der Waals surface area contributed by atoms with Crippen molar-refractivity contribution in [1.82, 2.24) is 0 Å². The van der Waals surface area contributed by atoms with E-state index in [9.17, 15) is 4.79 Å². The molecule has 23 heavy (non-hydrogen) atoms. The third kappa shape index (κ3) is 1.54. The number of esters is 1. The van der Waals surface area contributed by atoms with Crippen molar-refractivity contribution in [2.45, 2.75) is 77.6 Å². The Morgan fingerprint density at radius 2 is 1.91 bits per heavy atom. The molecule has 0 amide bonds. The molecule has 4 fully saturated rings. The number of fused-ring (bicyclic) bond motifs is 4. The van der Waals surface area contributed by atoms with E-state index in [4.69, 9.17) is 9.47 Å². The zero-order valence-electron chi connectivity index (χ0n) is 14.7. The average Bonchev–Trinajstić information content (AvgIpc) is 3.14. The zero-order valence-corrected chi connectivity index (χ0v) is 14.7. The first kappa shape index (κ1) is 14.5. The summed E-state index contributed by atoms with van der Waals surface area (Å²) < 4.78 is 12.1. The van der Waals surface area contributed by atoms with Gasteiger partial charge in [0, 0.05) is 11.3 Å². The Labute approximate surface area is 138 Å². The van der Waals surface area contributed by atoms with Gasteiger partial charge in [-0.2, -0.15) is 0 Å². The highest BCUT2D eigenvalue weighted by atomic mass is 16.6. The molecular formula is C20H28O3. The van der Waals surface area contributed by atoms with E-state index in [-0.39, 0.29) is 23.1 Å². The number of carbonyl (C=O) groups is 1. The van der Waals surface area contributed by atoms with Gasteiger partial charge in [-0.25, -0.2) is 0 Å². The summed E-state index contributed by atoms with van der Waals surface area (Å²) >= 11 is 0.